The standard InChI is InChI=1S/C16H23N3O3S/c1-16(20,12-18(2)11-15-17-9-10-19(15)3)13-5-7-14(8-6-13)23(4,21)22/h5-10,20H,11-12H2,1-4H3. The predicted octanol–water partition coefficient (Wildman–Crippen LogP) is 1.16. The molecule has 1 heterocycles. The SMILES string of the molecule is CN(Cc1nccn1C)CC(C)(O)c1ccc(S(C)(=O)=O)cc1. The molecule has 2 rings (SSSR count). The molecule has 1 N–H and O–H groups in total. The molecule has 126 valence electrons. The highest BCUT2D eigenvalue weighted by molar-refractivity contribution is 7.90. The Labute approximate surface area is 137 Å². The Morgan fingerprint density at radius 3 is 2.39 bits per heavy atom. The van der Waals surface area contributed by atoms with E-state index in [1.165, 1.54) is 18.4 Å². The van der Waals surface area contributed by atoms with Crippen molar-refractivity contribution in [3.05, 3.63) is 48.0 Å². The maximum atomic E-state index is 11.5. The third-order valence-corrected chi connectivity index (χ3v) is 4.94. The van der Waals surface area contributed by atoms with Crippen molar-refractivity contribution < 1.29 is 13.5 Å². The molecule has 0 radical (unpaired) electrons. The molecule has 23 heavy (non-hydrogen) atoms. The lowest BCUT2D eigenvalue weighted by Crippen LogP contribution is -2.36. The first-order valence-corrected chi connectivity index (χ1v) is 9.16. The quantitative estimate of drug-likeness (QED) is 0.856. The van der Waals surface area contributed by atoms with E-state index in [0.717, 1.165) is 5.82 Å². The molecule has 0 aliphatic carbocycles. The van der Waals surface area contributed by atoms with Crippen LogP contribution in [0.3, 0.4) is 0 Å². The van der Waals surface area contributed by atoms with Crippen molar-refractivity contribution in [2.24, 2.45) is 7.05 Å². The van der Waals surface area contributed by atoms with Gasteiger partial charge in [0.2, 0.25) is 0 Å². The van der Waals surface area contributed by atoms with Crippen molar-refractivity contribution in [1.29, 1.82) is 0 Å². The summed E-state index contributed by atoms with van der Waals surface area (Å²) in [5.41, 5.74) is -0.410. The number of imidazole rings is 1. The minimum Gasteiger partial charge on any atom is -0.384 e. The number of aryl methyl sites for hydroxylation is 1. The number of benzene rings is 1. The molecule has 0 saturated carbocycles. The minimum atomic E-state index is -3.23. The molecule has 0 bridgehead atoms. The fourth-order valence-corrected chi connectivity index (χ4v) is 3.15. The van der Waals surface area contributed by atoms with Gasteiger partial charge in [-0.3, -0.25) is 4.90 Å². The number of rotatable bonds is 6. The lowest BCUT2D eigenvalue weighted by Gasteiger charge is -2.29. The molecule has 6 nitrogen and oxygen atoms in total. The van der Waals surface area contributed by atoms with Crippen LogP contribution in [0.2, 0.25) is 0 Å². The number of aromatic nitrogens is 2. The van der Waals surface area contributed by atoms with Crippen molar-refractivity contribution in [2.45, 2.75) is 24.0 Å². The van der Waals surface area contributed by atoms with E-state index in [-0.39, 0.29) is 4.90 Å². The zero-order valence-electron chi connectivity index (χ0n) is 13.9. The van der Waals surface area contributed by atoms with Gasteiger partial charge in [-0.15, -0.1) is 0 Å². The van der Waals surface area contributed by atoms with E-state index in [2.05, 4.69) is 4.98 Å². The van der Waals surface area contributed by atoms with Gasteiger partial charge in [-0.1, -0.05) is 12.1 Å². The van der Waals surface area contributed by atoms with E-state index >= 15 is 0 Å². The van der Waals surface area contributed by atoms with Crippen LogP contribution in [-0.2, 0) is 29.0 Å². The molecule has 2 aromatic rings. The molecule has 1 atom stereocenters. The molecule has 0 saturated heterocycles. The lowest BCUT2D eigenvalue weighted by atomic mass is 9.95. The molecule has 0 aliphatic heterocycles. The molecule has 0 aliphatic rings. The third kappa shape index (κ3) is 4.40. The summed E-state index contributed by atoms with van der Waals surface area (Å²) >= 11 is 0. The van der Waals surface area contributed by atoms with Gasteiger partial charge in [-0.25, -0.2) is 13.4 Å². The lowest BCUT2D eigenvalue weighted by molar-refractivity contribution is 0.0205. The van der Waals surface area contributed by atoms with E-state index in [1.54, 1.807) is 25.3 Å². The second-order valence-corrected chi connectivity index (χ2v) is 8.21. The van der Waals surface area contributed by atoms with Crippen molar-refractivity contribution in [3.63, 3.8) is 0 Å². The fourth-order valence-electron chi connectivity index (χ4n) is 2.52. The molecule has 1 unspecified atom stereocenters. The van der Waals surface area contributed by atoms with Gasteiger partial charge in [0.25, 0.3) is 0 Å². The number of hydrogen-bond donors (Lipinski definition) is 1. The maximum absolute atomic E-state index is 11.5. The van der Waals surface area contributed by atoms with Gasteiger partial charge in [0.05, 0.1) is 17.0 Å². The molecule has 1 aromatic heterocycles. The highest BCUT2D eigenvalue weighted by atomic mass is 32.2. The normalized spacial score (nSPS) is 14.9. The van der Waals surface area contributed by atoms with Crippen LogP contribution in [-0.4, -0.2) is 47.8 Å². The Hall–Kier alpha value is -1.70. The van der Waals surface area contributed by atoms with Crippen molar-refractivity contribution in [3.8, 4) is 0 Å². The summed E-state index contributed by atoms with van der Waals surface area (Å²) in [4.78, 5) is 6.50. The summed E-state index contributed by atoms with van der Waals surface area (Å²) in [7, 11) is 0.609. The summed E-state index contributed by atoms with van der Waals surface area (Å²) in [5, 5.41) is 10.7. The van der Waals surface area contributed by atoms with E-state index in [0.29, 0.717) is 18.7 Å². The predicted molar refractivity (Wildman–Crippen MR) is 88.7 cm³/mol. The van der Waals surface area contributed by atoms with Crippen LogP contribution in [0.5, 0.6) is 0 Å². The van der Waals surface area contributed by atoms with Crippen LogP contribution in [0, 0.1) is 0 Å². The van der Waals surface area contributed by atoms with E-state index in [1.807, 2.05) is 29.8 Å². The summed E-state index contributed by atoms with van der Waals surface area (Å²) in [5.74, 6) is 0.913. The zero-order valence-corrected chi connectivity index (χ0v) is 14.7. The fraction of sp³-hybridized carbons (Fsp3) is 0.438. The van der Waals surface area contributed by atoms with Crippen molar-refractivity contribution in [2.75, 3.05) is 19.8 Å². The van der Waals surface area contributed by atoms with Gasteiger partial charge >= 0.3 is 0 Å². The minimum absolute atomic E-state index is 0.249. The van der Waals surface area contributed by atoms with Crippen LogP contribution in [0.15, 0.2) is 41.6 Å². The van der Waals surface area contributed by atoms with Gasteiger partial charge in [0.15, 0.2) is 9.84 Å². The third-order valence-electron chi connectivity index (χ3n) is 3.81. The van der Waals surface area contributed by atoms with Crippen molar-refractivity contribution >= 4 is 9.84 Å². The molecule has 0 amide bonds. The number of hydrogen-bond acceptors (Lipinski definition) is 5. The average molecular weight is 337 g/mol. The molecule has 7 heteroatoms. The smallest absolute Gasteiger partial charge is 0.175 e. The molecule has 1 aromatic carbocycles. The van der Waals surface area contributed by atoms with Crippen LogP contribution in [0.25, 0.3) is 0 Å². The van der Waals surface area contributed by atoms with E-state index in [9.17, 15) is 13.5 Å². The Morgan fingerprint density at radius 1 is 1.30 bits per heavy atom. The van der Waals surface area contributed by atoms with Gasteiger partial charge < -0.3 is 9.67 Å². The summed E-state index contributed by atoms with van der Waals surface area (Å²) in [6.45, 7) is 2.73. The maximum Gasteiger partial charge on any atom is 0.175 e. The largest absolute Gasteiger partial charge is 0.384 e. The van der Waals surface area contributed by atoms with Gasteiger partial charge in [-0.05, 0) is 31.7 Å². The molecule has 0 spiro atoms. The molecular formula is C16H23N3O3S. The second kappa shape index (κ2) is 6.43. The molecule has 0 fully saturated rings. The van der Waals surface area contributed by atoms with Crippen LogP contribution >= 0.6 is 0 Å². The topological polar surface area (TPSA) is 75.4 Å². The first-order chi connectivity index (χ1) is 10.6. The molecular weight excluding hydrogens is 314 g/mol. The number of nitrogens with zero attached hydrogens (tertiary/aromatic N) is 3. The van der Waals surface area contributed by atoms with Crippen LogP contribution in [0.4, 0.5) is 0 Å². The highest BCUT2D eigenvalue weighted by Gasteiger charge is 2.25. The van der Waals surface area contributed by atoms with E-state index in [4.69, 9.17) is 0 Å². The highest BCUT2D eigenvalue weighted by Crippen LogP contribution is 2.23. The Balaban J connectivity index is 2.10. The zero-order chi connectivity index (χ0) is 17.3. The van der Waals surface area contributed by atoms with Gasteiger partial charge in [-0.2, -0.15) is 0 Å². The van der Waals surface area contributed by atoms with E-state index < -0.39 is 15.4 Å². The Bertz CT molecular complexity index is 764. The second-order valence-electron chi connectivity index (χ2n) is 6.20. The number of sulfone groups is 1. The number of likely N-dealkylation sites (N-methyl/N-ethyl adjacent to an activating group) is 1. The van der Waals surface area contributed by atoms with Crippen LogP contribution in [0.1, 0.15) is 18.3 Å². The average Bonchev–Trinajstić information content (AvgIpc) is 2.83. The van der Waals surface area contributed by atoms with Crippen molar-refractivity contribution in [1.82, 2.24) is 14.5 Å². The summed E-state index contributed by atoms with van der Waals surface area (Å²) in [6, 6.07) is 6.37. The summed E-state index contributed by atoms with van der Waals surface area (Å²) in [6.07, 6.45) is 4.79. The Kier molecular flexibility index (Phi) is 4.93. The first kappa shape index (κ1) is 17.7. The summed E-state index contributed by atoms with van der Waals surface area (Å²) < 4.78 is 24.9. The monoisotopic (exact) mass is 337 g/mol. The first-order valence-electron chi connectivity index (χ1n) is 7.27. The van der Waals surface area contributed by atoms with Crippen LogP contribution < -0.4 is 0 Å². The van der Waals surface area contributed by atoms with Gasteiger partial charge in [0.1, 0.15) is 5.82 Å². The number of aliphatic hydroxyl groups is 1. The van der Waals surface area contributed by atoms with Gasteiger partial charge in [0, 0.05) is 32.2 Å². The Morgan fingerprint density at radius 2 is 1.91 bits per heavy atom.